The van der Waals surface area contributed by atoms with Crippen molar-refractivity contribution in [2.45, 2.75) is 19.3 Å². The van der Waals surface area contributed by atoms with Gasteiger partial charge >= 0.3 is 0 Å². The van der Waals surface area contributed by atoms with Crippen LogP contribution < -0.4 is 0 Å². The molecule has 0 N–H and O–H groups in total. The molecule has 0 bridgehead atoms. The Labute approximate surface area is 637 Å². The van der Waals surface area contributed by atoms with Crippen molar-refractivity contribution in [2.75, 3.05) is 0 Å². The molecule has 14 aromatic carbocycles. The monoisotopic (exact) mass is 1470 g/mol. The summed E-state index contributed by atoms with van der Waals surface area (Å²) in [5.74, 6) is 3.35. The Morgan fingerprint density at radius 1 is 0.243 bits per heavy atom. The molecule has 6 heterocycles. The molecule has 0 radical (unpaired) electrons. The number of hydrogen-bond acceptors (Lipinski definition) is 12. The van der Waals surface area contributed by atoms with Gasteiger partial charge in [-0.2, -0.15) is 29.9 Å². The van der Waals surface area contributed by atoms with Gasteiger partial charge in [0, 0.05) is 89.9 Å². The molecule has 0 fully saturated rings. The second kappa shape index (κ2) is 27.0. The first-order valence-corrected chi connectivity index (χ1v) is 37.6. The summed E-state index contributed by atoms with van der Waals surface area (Å²) in [6.45, 7) is 4.52. The first-order valence-electron chi connectivity index (χ1n) is 34.9. The van der Waals surface area contributed by atoms with Crippen LogP contribution in [0.4, 0.5) is 0 Å². The summed E-state index contributed by atoms with van der Waals surface area (Å²) in [7, 11) is 0. The van der Waals surface area contributed by atoms with E-state index in [0.29, 0.717) is 34.9 Å². The number of hydrogen-bond donors (Lipinski definition) is 0. The van der Waals surface area contributed by atoms with E-state index < -0.39 is 0 Å². The van der Waals surface area contributed by atoms with Gasteiger partial charge in [0.15, 0.2) is 34.9 Å². The van der Waals surface area contributed by atoms with Crippen molar-refractivity contribution in [3.63, 3.8) is 0 Å². The summed E-state index contributed by atoms with van der Waals surface area (Å²) in [4.78, 5) is 41.0. The third-order valence-electron chi connectivity index (χ3n) is 20.0. The van der Waals surface area contributed by atoms with E-state index in [1.54, 1.807) is 22.7 Å². The minimum absolute atomic E-state index is 0.103. The quantitative estimate of drug-likeness (QED) is 0.136. The summed E-state index contributed by atoms with van der Waals surface area (Å²) in [5.41, 5.74) is 16.8. The lowest BCUT2D eigenvalue weighted by atomic mass is 9.82. The van der Waals surface area contributed by atoms with E-state index in [1.165, 1.54) is 89.9 Å². The lowest BCUT2D eigenvalue weighted by Crippen LogP contribution is -2.15. The number of para-hydroxylation sites is 1. The first kappa shape index (κ1) is 65.5. The normalized spacial score (nSPS) is 12.2. The SMILES string of the molecule is CC1(C)c2ccccc2-c2ccc(-c3nc(Cl)nc(-c4ccc5c(c4)oc4ccccc45)n3)cc21.Clc1nc(-c2ccc(-c3cccc(-c4ccccc4)c3)cc2)nc(-c2ccc3c(c2)sc2ccccc23)n1.Clc1nc(-c2ccc3c(ccc4ccccc43)c2)nc(-c2ccc3c(c2)sc2ccccc23)n1. The van der Waals surface area contributed by atoms with Gasteiger partial charge in [-0.25, -0.2) is 15.0 Å². The molecule has 0 unspecified atom stereocenters. The summed E-state index contributed by atoms with van der Waals surface area (Å²) >= 11 is 22.7. The highest BCUT2D eigenvalue weighted by molar-refractivity contribution is 7.26. The van der Waals surface area contributed by atoms with Crippen molar-refractivity contribution in [3.8, 4) is 102 Å². The highest BCUT2D eigenvalue weighted by Crippen LogP contribution is 2.50. The van der Waals surface area contributed by atoms with E-state index in [1.807, 2.05) is 54.6 Å². The van der Waals surface area contributed by atoms with Crippen molar-refractivity contribution >= 4 is 141 Å². The Kier molecular flexibility index (Phi) is 16.5. The molecular weight excluding hydrogens is 1420 g/mol. The predicted octanol–water partition coefficient (Wildman–Crippen LogP) is 26.2. The van der Waals surface area contributed by atoms with Crippen LogP contribution in [-0.4, -0.2) is 44.9 Å². The van der Waals surface area contributed by atoms with Crippen molar-refractivity contribution in [2.24, 2.45) is 0 Å². The molecule has 0 amide bonds. The van der Waals surface area contributed by atoms with Crippen LogP contribution in [0.2, 0.25) is 15.9 Å². The molecule has 21 rings (SSSR count). The van der Waals surface area contributed by atoms with E-state index >= 15 is 0 Å². The third kappa shape index (κ3) is 12.4. The molecule has 20 aromatic rings. The smallest absolute Gasteiger partial charge is 0.226 e. The maximum atomic E-state index is 6.39. The number of fused-ring (bicyclic) bond motifs is 15. The van der Waals surface area contributed by atoms with E-state index in [9.17, 15) is 0 Å². The predicted molar refractivity (Wildman–Crippen MR) is 444 cm³/mol. The second-order valence-electron chi connectivity index (χ2n) is 26.9. The fourth-order valence-electron chi connectivity index (χ4n) is 14.7. The number of furan rings is 1. The second-order valence-corrected chi connectivity index (χ2v) is 30.0. The van der Waals surface area contributed by atoms with Gasteiger partial charge in [-0.15, -0.1) is 22.7 Å². The Balaban J connectivity index is 0.000000110. The zero-order chi connectivity index (χ0) is 71.9. The fraction of sp³-hybridized carbons (Fsp3) is 0.0326. The zero-order valence-electron chi connectivity index (χ0n) is 57.3. The van der Waals surface area contributed by atoms with Crippen molar-refractivity contribution in [1.29, 1.82) is 0 Å². The average Bonchev–Trinajstić information content (AvgIpc) is 1.59. The molecule has 15 heteroatoms. The van der Waals surface area contributed by atoms with E-state index in [-0.39, 0.29) is 21.3 Å². The molecule has 0 saturated heterocycles. The Morgan fingerprint density at radius 3 is 1.25 bits per heavy atom. The summed E-state index contributed by atoms with van der Waals surface area (Å²) in [6, 6.07) is 105. The molecule has 0 saturated carbocycles. The lowest BCUT2D eigenvalue weighted by Gasteiger charge is -2.21. The van der Waals surface area contributed by atoms with Crippen molar-refractivity contribution in [1.82, 2.24) is 44.9 Å². The zero-order valence-corrected chi connectivity index (χ0v) is 61.2. The fourth-order valence-corrected chi connectivity index (χ4v) is 17.5. The van der Waals surface area contributed by atoms with Gasteiger partial charge in [-0.3, -0.25) is 0 Å². The molecule has 107 heavy (non-hydrogen) atoms. The molecule has 0 spiro atoms. The van der Waals surface area contributed by atoms with Crippen molar-refractivity contribution in [3.05, 3.63) is 330 Å². The van der Waals surface area contributed by atoms with Gasteiger partial charge in [0.25, 0.3) is 0 Å². The molecule has 10 nitrogen and oxygen atoms in total. The number of rotatable bonds is 8. The minimum atomic E-state index is -0.103. The maximum absolute atomic E-state index is 6.39. The average molecular weight is 1470 g/mol. The number of halogens is 3. The molecule has 1 aliphatic rings. The summed E-state index contributed by atoms with van der Waals surface area (Å²) in [5, 5.41) is 12.5. The molecule has 6 aromatic heterocycles. The van der Waals surface area contributed by atoms with E-state index in [0.717, 1.165) is 71.8 Å². The maximum Gasteiger partial charge on any atom is 0.226 e. The molecule has 0 aliphatic heterocycles. The minimum Gasteiger partial charge on any atom is -0.456 e. The van der Waals surface area contributed by atoms with Gasteiger partial charge in [0.1, 0.15) is 11.2 Å². The number of aromatic nitrogens is 9. The number of thiophene rings is 2. The van der Waals surface area contributed by atoms with Crippen LogP contribution in [-0.2, 0) is 5.41 Å². The number of benzene rings is 14. The van der Waals surface area contributed by atoms with Gasteiger partial charge in [-0.05, 0) is 162 Å². The Hall–Kier alpha value is -12.3. The summed E-state index contributed by atoms with van der Waals surface area (Å²) in [6.07, 6.45) is 0. The van der Waals surface area contributed by atoms with Crippen LogP contribution >= 0.6 is 57.5 Å². The molecular formula is C92H56Cl3N9OS2. The van der Waals surface area contributed by atoms with Gasteiger partial charge < -0.3 is 4.42 Å². The molecule has 0 atom stereocenters. The van der Waals surface area contributed by atoms with Gasteiger partial charge in [0.05, 0.1) is 0 Å². The van der Waals surface area contributed by atoms with E-state index in [2.05, 4.69) is 292 Å². The topological polar surface area (TPSA) is 129 Å². The van der Waals surface area contributed by atoms with Crippen LogP contribution in [0.3, 0.4) is 0 Å². The molecule has 508 valence electrons. The van der Waals surface area contributed by atoms with E-state index in [4.69, 9.17) is 54.2 Å². The van der Waals surface area contributed by atoms with Crippen LogP contribution in [0.25, 0.3) is 186 Å². The standard InChI is InChI=1S/C33H20ClN3S.C30H20ClN3O.C29H16ClN3S/c34-33-36-31(35-32(37-33)26-17-18-28-27-11-4-5-12-29(27)38-30(28)20-26)23-15-13-22(14-16-23)25-10-6-9-24(19-25)21-7-2-1-3-8-21;1-30(2)23-9-5-3-7-19(23)20-13-11-17(15-24(20)30)27-32-28(34-29(31)33-27)18-12-14-22-21-8-4-6-10-25(21)35-26(22)16-18;30-29-32-27(19-11-13-22-18(15-19)10-9-17-5-1-2-6-21(17)22)31-28(33-29)20-12-14-24-23-7-3-4-8-25(23)34-26(24)16-20/h1-20H;3-16H,1-2H3;1-16H. The first-order chi connectivity index (χ1) is 52.4. The largest absolute Gasteiger partial charge is 0.456 e. The van der Waals surface area contributed by atoms with Gasteiger partial charge in [0.2, 0.25) is 15.9 Å². The lowest BCUT2D eigenvalue weighted by molar-refractivity contribution is 0.660. The Morgan fingerprint density at radius 2 is 0.636 bits per heavy atom. The van der Waals surface area contributed by atoms with Crippen LogP contribution in [0.5, 0.6) is 0 Å². The summed E-state index contributed by atoms with van der Waals surface area (Å²) < 4.78 is 11.0. The van der Waals surface area contributed by atoms with Crippen LogP contribution in [0.15, 0.2) is 308 Å². The molecule has 1 aliphatic carbocycles. The highest BCUT2D eigenvalue weighted by atomic mass is 35.5. The van der Waals surface area contributed by atoms with Crippen molar-refractivity contribution < 1.29 is 4.42 Å². The Bertz CT molecular complexity index is 6940. The highest BCUT2D eigenvalue weighted by Gasteiger charge is 2.35. The van der Waals surface area contributed by atoms with Gasteiger partial charge in [-0.1, -0.05) is 257 Å². The van der Waals surface area contributed by atoms with Crippen LogP contribution in [0, 0.1) is 0 Å². The number of nitrogens with zero attached hydrogens (tertiary/aromatic N) is 9. The van der Waals surface area contributed by atoms with Crippen LogP contribution in [0.1, 0.15) is 25.0 Å². The third-order valence-corrected chi connectivity index (χ3v) is 22.8.